The van der Waals surface area contributed by atoms with Crippen molar-refractivity contribution in [3.63, 3.8) is 0 Å². The first-order valence-corrected chi connectivity index (χ1v) is 6.71. The van der Waals surface area contributed by atoms with Gasteiger partial charge in [-0.1, -0.05) is 13.0 Å². The zero-order valence-electron chi connectivity index (χ0n) is 11.8. The molecule has 1 aromatic rings. The quantitative estimate of drug-likeness (QED) is 0.888. The first-order chi connectivity index (χ1) is 9.02. The van der Waals surface area contributed by atoms with Crippen molar-refractivity contribution in [2.75, 3.05) is 31.6 Å². The number of hydrogen-bond donors (Lipinski definition) is 1. The van der Waals surface area contributed by atoms with E-state index in [0.717, 1.165) is 24.5 Å². The van der Waals surface area contributed by atoms with E-state index in [-0.39, 0.29) is 5.92 Å². The van der Waals surface area contributed by atoms with Crippen molar-refractivity contribution < 1.29 is 9.90 Å². The first kappa shape index (κ1) is 13.6. The second kappa shape index (κ2) is 5.47. The SMILES string of the molecule is CCN(C)c1ccc2c(n1)C(C)CN(C(=O)O)CC2. The molecule has 1 atom stereocenters. The fraction of sp³-hybridized carbons (Fsp3) is 0.571. The summed E-state index contributed by atoms with van der Waals surface area (Å²) in [4.78, 5) is 19.4. The van der Waals surface area contributed by atoms with Crippen molar-refractivity contribution in [1.82, 2.24) is 9.88 Å². The van der Waals surface area contributed by atoms with Gasteiger partial charge < -0.3 is 14.9 Å². The number of rotatable bonds is 2. The Balaban J connectivity index is 2.30. The Morgan fingerprint density at radius 1 is 1.58 bits per heavy atom. The number of aromatic nitrogens is 1. The number of anilines is 1. The fourth-order valence-corrected chi connectivity index (χ4v) is 2.44. The molecule has 1 unspecified atom stereocenters. The van der Waals surface area contributed by atoms with Gasteiger partial charge in [0.15, 0.2) is 0 Å². The Morgan fingerprint density at radius 2 is 2.32 bits per heavy atom. The van der Waals surface area contributed by atoms with Gasteiger partial charge in [0.05, 0.1) is 5.69 Å². The van der Waals surface area contributed by atoms with Gasteiger partial charge in [-0.25, -0.2) is 9.78 Å². The molecule has 104 valence electrons. The zero-order chi connectivity index (χ0) is 14.0. The predicted octanol–water partition coefficient (Wildman–Crippen LogP) is 2.18. The van der Waals surface area contributed by atoms with E-state index < -0.39 is 6.09 Å². The molecule has 0 saturated heterocycles. The van der Waals surface area contributed by atoms with E-state index in [4.69, 9.17) is 10.1 Å². The average Bonchev–Trinajstić information content (AvgIpc) is 2.57. The van der Waals surface area contributed by atoms with Crippen molar-refractivity contribution in [1.29, 1.82) is 0 Å². The highest BCUT2D eigenvalue weighted by Gasteiger charge is 2.24. The molecular formula is C14H21N3O2. The van der Waals surface area contributed by atoms with Crippen LogP contribution in [0.2, 0.25) is 0 Å². The van der Waals surface area contributed by atoms with Crippen molar-refractivity contribution in [3.05, 3.63) is 23.4 Å². The van der Waals surface area contributed by atoms with Gasteiger partial charge in [-0.15, -0.1) is 0 Å². The number of pyridine rings is 1. The fourth-order valence-electron chi connectivity index (χ4n) is 2.44. The molecule has 0 spiro atoms. The predicted molar refractivity (Wildman–Crippen MR) is 74.9 cm³/mol. The molecule has 2 rings (SSSR count). The molecule has 0 radical (unpaired) electrons. The lowest BCUT2D eigenvalue weighted by molar-refractivity contribution is 0.144. The second-order valence-electron chi connectivity index (χ2n) is 5.11. The van der Waals surface area contributed by atoms with Crippen molar-refractivity contribution in [2.45, 2.75) is 26.2 Å². The Hall–Kier alpha value is -1.78. The molecule has 0 fully saturated rings. The van der Waals surface area contributed by atoms with Gasteiger partial charge in [0, 0.05) is 32.6 Å². The van der Waals surface area contributed by atoms with E-state index in [1.54, 1.807) is 0 Å². The van der Waals surface area contributed by atoms with E-state index in [1.165, 1.54) is 10.5 Å². The smallest absolute Gasteiger partial charge is 0.407 e. The van der Waals surface area contributed by atoms with E-state index >= 15 is 0 Å². The van der Waals surface area contributed by atoms with Gasteiger partial charge in [0.1, 0.15) is 5.82 Å². The van der Waals surface area contributed by atoms with E-state index in [2.05, 4.69) is 17.9 Å². The minimum atomic E-state index is -0.842. The normalized spacial score (nSPS) is 18.7. The van der Waals surface area contributed by atoms with Gasteiger partial charge in [0.2, 0.25) is 0 Å². The van der Waals surface area contributed by atoms with Crippen molar-refractivity contribution in [3.8, 4) is 0 Å². The molecule has 1 aliphatic rings. The minimum Gasteiger partial charge on any atom is -0.465 e. The molecule has 19 heavy (non-hydrogen) atoms. The zero-order valence-corrected chi connectivity index (χ0v) is 11.8. The van der Waals surface area contributed by atoms with Crippen molar-refractivity contribution in [2.24, 2.45) is 0 Å². The molecule has 0 bridgehead atoms. The Kier molecular flexibility index (Phi) is 3.93. The molecule has 1 N–H and O–H groups in total. The molecule has 1 aliphatic heterocycles. The Labute approximate surface area is 113 Å². The third-order valence-electron chi connectivity index (χ3n) is 3.75. The molecule has 1 aromatic heterocycles. The highest BCUT2D eigenvalue weighted by molar-refractivity contribution is 5.65. The molecule has 2 heterocycles. The highest BCUT2D eigenvalue weighted by atomic mass is 16.4. The number of carboxylic acid groups (broad SMARTS) is 1. The summed E-state index contributed by atoms with van der Waals surface area (Å²) in [6.45, 7) is 6.11. The van der Waals surface area contributed by atoms with E-state index in [1.807, 2.05) is 20.0 Å². The van der Waals surface area contributed by atoms with E-state index in [9.17, 15) is 4.79 Å². The van der Waals surface area contributed by atoms with Gasteiger partial charge >= 0.3 is 6.09 Å². The van der Waals surface area contributed by atoms with Crippen LogP contribution in [0.3, 0.4) is 0 Å². The molecule has 1 amide bonds. The lowest BCUT2D eigenvalue weighted by atomic mass is 10.0. The van der Waals surface area contributed by atoms with Crippen LogP contribution in [0.5, 0.6) is 0 Å². The van der Waals surface area contributed by atoms with Crippen LogP contribution >= 0.6 is 0 Å². The number of fused-ring (bicyclic) bond motifs is 1. The van der Waals surface area contributed by atoms with Gasteiger partial charge in [-0.05, 0) is 25.0 Å². The van der Waals surface area contributed by atoms with Gasteiger partial charge in [0.25, 0.3) is 0 Å². The van der Waals surface area contributed by atoms with Crippen LogP contribution in [0.25, 0.3) is 0 Å². The third kappa shape index (κ3) is 2.80. The van der Waals surface area contributed by atoms with Crippen LogP contribution in [0, 0.1) is 0 Å². The average molecular weight is 263 g/mol. The molecule has 0 aliphatic carbocycles. The summed E-state index contributed by atoms with van der Waals surface area (Å²) in [6.07, 6.45) is -0.0969. The lowest BCUT2D eigenvalue weighted by Gasteiger charge is -2.20. The maximum absolute atomic E-state index is 11.1. The lowest BCUT2D eigenvalue weighted by Crippen LogP contribution is -2.32. The van der Waals surface area contributed by atoms with Gasteiger partial charge in [-0.2, -0.15) is 0 Å². The van der Waals surface area contributed by atoms with Crippen molar-refractivity contribution >= 4 is 11.9 Å². The third-order valence-corrected chi connectivity index (χ3v) is 3.75. The van der Waals surface area contributed by atoms with Crippen LogP contribution < -0.4 is 4.90 Å². The topological polar surface area (TPSA) is 56.7 Å². The summed E-state index contributed by atoms with van der Waals surface area (Å²) in [7, 11) is 2.01. The number of hydrogen-bond acceptors (Lipinski definition) is 3. The minimum absolute atomic E-state index is 0.138. The summed E-state index contributed by atoms with van der Waals surface area (Å²) >= 11 is 0. The Bertz CT molecular complexity index is 476. The van der Waals surface area contributed by atoms with Crippen LogP contribution in [-0.2, 0) is 6.42 Å². The molecule has 5 heteroatoms. The number of amides is 1. The van der Waals surface area contributed by atoms with Crippen LogP contribution in [0.15, 0.2) is 12.1 Å². The largest absolute Gasteiger partial charge is 0.465 e. The van der Waals surface area contributed by atoms with Crippen LogP contribution in [0.1, 0.15) is 31.0 Å². The standard InChI is InChI=1S/C14H21N3O2/c1-4-16(3)12-6-5-11-7-8-17(14(18)19)9-10(2)13(11)15-12/h5-6,10H,4,7-9H2,1-3H3,(H,18,19). The summed E-state index contributed by atoms with van der Waals surface area (Å²) in [5.74, 6) is 1.09. The molecule has 0 aromatic carbocycles. The second-order valence-corrected chi connectivity index (χ2v) is 5.11. The summed E-state index contributed by atoms with van der Waals surface area (Å²) < 4.78 is 0. The number of nitrogens with zero attached hydrogens (tertiary/aromatic N) is 3. The highest BCUT2D eigenvalue weighted by Crippen LogP contribution is 2.26. The molecule has 5 nitrogen and oxygen atoms in total. The summed E-state index contributed by atoms with van der Waals surface area (Å²) in [5, 5.41) is 9.14. The first-order valence-electron chi connectivity index (χ1n) is 6.71. The maximum Gasteiger partial charge on any atom is 0.407 e. The number of carbonyl (C=O) groups is 1. The molecule has 0 saturated carbocycles. The van der Waals surface area contributed by atoms with Gasteiger partial charge in [-0.3, -0.25) is 0 Å². The molecular weight excluding hydrogens is 242 g/mol. The maximum atomic E-state index is 11.1. The van der Waals surface area contributed by atoms with Crippen LogP contribution in [-0.4, -0.2) is 47.8 Å². The Morgan fingerprint density at radius 3 is 2.95 bits per heavy atom. The van der Waals surface area contributed by atoms with E-state index in [0.29, 0.717) is 13.1 Å². The summed E-state index contributed by atoms with van der Waals surface area (Å²) in [5.41, 5.74) is 2.21. The summed E-state index contributed by atoms with van der Waals surface area (Å²) in [6, 6.07) is 4.11. The van der Waals surface area contributed by atoms with Crippen LogP contribution in [0.4, 0.5) is 10.6 Å². The monoisotopic (exact) mass is 263 g/mol.